The highest BCUT2D eigenvalue weighted by Gasteiger charge is 2.27. The number of rotatable bonds is 6. The number of aromatic nitrogens is 1. The Morgan fingerprint density at radius 3 is 2.33 bits per heavy atom. The fourth-order valence-corrected chi connectivity index (χ4v) is 6.99. The van der Waals surface area contributed by atoms with E-state index in [1.807, 2.05) is 44.2 Å². The van der Waals surface area contributed by atoms with Crippen LogP contribution >= 0.6 is 0 Å². The van der Waals surface area contributed by atoms with Gasteiger partial charge in [0.15, 0.2) is 0 Å². The van der Waals surface area contributed by atoms with Gasteiger partial charge in [0.25, 0.3) is 10.0 Å². The third-order valence-corrected chi connectivity index (χ3v) is 9.25. The number of hydrogen-bond acceptors (Lipinski definition) is 4. The summed E-state index contributed by atoms with van der Waals surface area (Å²) in [6.07, 6.45) is 5.14. The van der Waals surface area contributed by atoms with Gasteiger partial charge in [-0.1, -0.05) is 54.4 Å². The van der Waals surface area contributed by atoms with Crippen LogP contribution in [0, 0.1) is 20.8 Å². The average molecular weight is 503 g/mol. The molecule has 4 aromatic rings. The van der Waals surface area contributed by atoms with Gasteiger partial charge in [-0.15, -0.1) is 0 Å². The molecule has 1 saturated heterocycles. The first-order valence-electron chi connectivity index (χ1n) is 12.7. The second-order valence-electron chi connectivity index (χ2n) is 10.1. The molecule has 0 spiro atoms. The molecule has 5 nitrogen and oxygen atoms in total. The number of likely N-dealkylation sites (tertiary alicyclic amines) is 1. The molecule has 1 aliphatic rings. The third kappa shape index (κ3) is 4.49. The van der Waals surface area contributed by atoms with Crippen LogP contribution in [0.25, 0.3) is 10.9 Å². The maximum atomic E-state index is 13.6. The molecule has 1 atom stereocenters. The number of aliphatic hydroxyl groups is 1. The minimum absolute atomic E-state index is 0.0533. The quantitative estimate of drug-likeness (QED) is 0.350. The van der Waals surface area contributed by atoms with Gasteiger partial charge in [0.1, 0.15) is 0 Å². The minimum atomic E-state index is -3.70. The number of hydrogen-bond donors (Lipinski definition) is 1. The van der Waals surface area contributed by atoms with E-state index in [2.05, 4.69) is 30.0 Å². The van der Waals surface area contributed by atoms with Crippen molar-refractivity contribution in [2.45, 2.75) is 64.1 Å². The van der Waals surface area contributed by atoms with Crippen LogP contribution in [0.15, 0.2) is 71.8 Å². The van der Waals surface area contributed by atoms with Gasteiger partial charge in [0, 0.05) is 24.2 Å². The lowest BCUT2D eigenvalue weighted by Gasteiger charge is -2.36. The molecule has 1 aromatic heterocycles. The Balaban J connectivity index is 1.55. The Kier molecular flexibility index (Phi) is 6.77. The van der Waals surface area contributed by atoms with Crippen LogP contribution in [0.5, 0.6) is 0 Å². The molecule has 0 bridgehead atoms. The number of fused-ring (bicyclic) bond motifs is 1. The van der Waals surface area contributed by atoms with Crippen molar-refractivity contribution in [2.24, 2.45) is 0 Å². The Hall–Kier alpha value is -2.93. The van der Waals surface area contributed by atoms with E-state index in [0.717, 1.165) is 53.5 Å². The molecule has 0 aliphatic carbocycles. The third-order valence-electron chi connectivity index (χ3n) is 7.56. The molecule has 188 valence electrons. The zero-order valence-corrected chi connectivity index (χ0v) is 22.1. The van der Waals surface area contributed by atoms with Gasteiger partial charge in [-0.05, 0) is 86.2 Å². The van der Waals surface area contributed by atoms with Crippen molar-refractivity contribution in [3.8, 4) is 0 Å². The summed E-state index contributed by atoms with van der Waals surface area (Å²) < 4.78 is 28.6. The van der Waals surface area contributed by atoms with Gasteiger partial charge in [-0.25, -0.2) is 12.4 Å². The highest BCUT2D eigenvalue weighted by atomic mass is 32.2. The largest absolute Gasteiger partial charge is 0.392 e. The van der Waals surface area contributed by atoms with Crippen LogP contribution < -0.4 is 0 Å². The van der Waals surface area contributed by atoms with Gasteiger partial charge in [0.2, 0.25) is 0 Å². The predicted molar refractivity (Wildman–Crippen MR) is 145 cm³/mol. The first-order valence-corrected chi connectivity index (χ1v) is 14.1. The molecular formula is C30H34N2O3S. The van der Waals surface area contributed by atoms with Crippen LogP contribution in [-0.2, 0) is 23.2 Å². The molecule has 0 amide bonds. The fourth-order valence-electron chi connectivity index (χ4n) is 5.58. The number of piperidine rings is 1. The smallest absolute Gasteiger partial charge is 0.268 e. The summed E-state index contributed by atoms with van der Waals surface area (Å²) in [5.41, 5.74) is 7.32. The van der Waals surface area contributed by atoms with Crippen LogP contribution in [0.1, 0.15) is 58.7 Å². The zero-order valence-electron chi connectivity index (χ0n) is 21.2. The molecule has 1 N–H and O–H groups in total. The lowest BCUT2D eigenvalue weighted by atomic mass is 9.92. The molecule has 0 radical (unpaired) electrons. The van der Waals surface area contributed by atoms with Crippen molar-refractivity contribution < 1.29 is 13.5 Å². The standard InChI is InChI=1S/C30H34N2O3S/c1-21-7-13-26(14-8-21)36(34,35)32-17-15-27-28(22(2)18-23(3)30(27)32)19-31-16-5-4-6-29(31)25-11-9-24(20-33)10-12-25/h7-15,17-18,29,33H,4-6,16,19-20H2,1-3H3. The summed E-state index contributed by atoms with van der Waals surface area (Å²) in [6.45, 7) is 7.90. The molecule has 1 aliphatic heterocycles. The highest BCUT2D eigenvalue weighted by Crippen LogP contribution is 2.36. The van der Waals surface area contributed by atoms with E-state index in [1.165, 1.54) is 27.1 Å². The molecule has 1 unspecified atom stereocenters. The topological polar surface area (TPSA) is 62.5 Å². The normalized spacial score (nSPS) is 17.1. The minimum Gasteiger partial charge on any atom is -0.392 e. The number of aryl methyl sites for hydroxylation is 3. The number of nitrogens with zero attached hydrogens (tertiary/aromatic N) is 2. The van der Waals surface area contributed by atoms with Gasteiger partial charge in [-0.3, -0.25) is 4.90 Å². The maximum Gasteiger partial charge on any atom is 0.268 e. The Bertz CT molecular complexity index is 1490. The predicted octanol–water partition coefficient (Wildman–Crippen LogP) is 6.02. The Morgan fingerprint density at radius 1 is 0.917 bits per heavy atom. The summed E-state index contributed by atoms with van der Waals surface area (Å²) in [5, 5.41) is 10.4. The lowest BCUT2D eigenvalue weighted by Crippen LogP contribution is -2.33. The molecule has 5 rings (SSSR count). The number of benzene rings is 3. The van der Waals surface area contributed by atoms with E-state index in [4.69, 9.17) is 0 Å². The van der Waals surface area contributed by atoms with Crippen LogP contribution in [0.3, 0.4) is 0 Å². The summed E-state index contributed by atoms with van der Waals surface area (Å²) in [7, 11) is -3.70. The summed E-state index contributed by atoms with van der Waals surface area (Å²) >= 11 is 0. The Morgan fingerprint density at radius 2 is 1.64 bits per heavy atom. The van der Waals surface area contributed by atoms with Crippen LogP contribution in [0.2, 0.25) is 0 Å². The van der Waals surface area contributed by atoms with Crippen molar-refractivity contribution >= 4 is 20.9 Å². The molecule has 0 saturated carbocycles. The molecule has 6 heteroatoms. The van der Waals surface area contributed by atoms with E-state index in [1.54, 1.807) is 18.3 Å². The average Bonchev–Trinajstić information content (AvgIpc) is 3.34. The molecule has 2 heterocycles. The first-order chi connectivity index (χ1) is 17.3. The second kappa shape index (κ2) is 9.85. The van der Waals surface area contributed by atoms with E-state index in [-0.39, 0.29) is 6.61 Å². The zero-order chi connectivity index (χ0) is 25.4. The number of aliphatic hydroxyl groups excluding tert-OH is 1. The molecule has 36 heavy (non-hydrogen) atoms. The van der Waals surface area contributed by atoms with Crippen molar-refractivity contribution in [3.05, 3.63) is 100 Å². The van der Waals surface area contributed by atoms with Crippen molar-refractivity contribution in [3.63, 3.8) is 0 Å². The lowest BCUT2D eigenvalue weighted by molar-refractivity contribution is 0.140. The van der Waals surface area contributed by atoms with Crippen molar-refractivity contribution in [2.75, 3.05) is 6.54 Å². The monoisotopic (exact) mass is 502 g/mol. The van der Waals surface area contributed by atoms with E-state index >= 15 is 0 Å². The van der Waals surface area contributed by atoms with E-state index in [9.17, 15) is 13.5 Å². The summed E-state index contributed by atoms with van der Waals surface area (Å²) in [5.74, 6) is 0. The second-order valence-corrected chi connectivity index (χ2v) is 11.9. The molecule has 1 fully saturated rings. The first kappa shape index (κ1) is 24.8. The summed E-state index contributed by atoms with van der Waals surface area (Å²) in [6, 6.07) is 19.7. The highest BCUT2D eigenvalue weighted by molar-refractivity contribution is 7.90. The van der Waals surface area contributed by atoms with E-state index in [0.29, 0.717) is 10.9 Å². The van der Waals surface area contributed by atoms with Crippen molar-refractivity contribution in [1.29, 1.82) is 0 Å². The van der Waals surface area contributed by atoms with Crippen LogP contribution in [0.4, 0.5) is 0 Å². The maximum absolute atomic E-state index is 13.6. The van der Waals surface area contributed by atoms with Crippen molar-refractivity contribution in [1.82, 2.24) is 8.87 Å². The SMILES string of the molecule is Cc1ccc(S(=O)(=O)n2ccc3c(CN4CCCCC4c4ccc(CO)cc4)c(C)cc(C)c32)cc1. The van der Waals surface area contributed by atoms with Gasteiger partial charge in [-0.2, -0.15) is 0 Å². The molecule has 3 aromatic carbocycles. The van der Waals surface area contributed by atoms with Crippen LogP contribution in [-0.4, -0.2) is 28.9 Å². The molecular weight excluding hydrogens is 468 g/mol. The Labute approximate surface area is 214 Å². The van der Waals surface area contributed by atoms with Gasteiger partial charge in [0.05, 0.1) is 17.0 Å². The van der Waals surface area contributed by atoms with Gasteiger partial charge < -0.3 is 5.11 Å². The van der Waals surface area contributed by atoms with E-state index < -0.39 is 10.0 Å². The summed E-state index contributed by atoms with van der Waals surface area (Å²) in [4.78, 5) is 2.83. The van der Waals surface area contributed by atoms with Gasteiger partial charge >= 0.3 is 0 Å². The fraction of sp³-hybridized carbons (Fsp3) is 0.333.